The summed E-state index contributed by atoms with van der Waals surface area (Å²) in [5, 5.41) is 4.29. The van der Waals surface area contributed by atoms with Crippen molar-refractivity contribution in [3.8, 4) is 17.0 Å². The van der Waals surface area contributed by atoms with Gasteiger partial charge in [-0.2, -0.15) is 0 Å². The van der Waals surface area contributed by atoms with Crippen molar-refractivity contribution in [2.75, 3.05) is 26.7 Å². The van der Waals surface area contributed by atoms with E-state index in [0.29, 0.717) is 0 Å². The molecule has 1 aromatic carbocycles. The number of carbonyl (C=O) groups excluding carboxylic acids is 1. The lowest BCUT2D eigenvalue weighted by Crippen LogP contribution is -2.48. The molecular weight excluding hydrogens is 364 g/mol. The van der Waals surface area contributed by atoms with Crippen LogP contribution in [0.25, 0.3) is 22.2 Å². The van der Waals surface area contributed by atoms with Crippen molar-refractivity contribution in [2.24, 2.45) is 0 Å². The highest BCUT2D eigenvalue weighted by molar-refractivity contribution is 5.93. The van der Waals surface area contributed by atoms with Crippen LogP contribution in [0, 0.1) is 0 Å². The molecule has 0 aliphatic carbocycles. The van der Waals surface area contributed by atoms with Gasteiger partial charge in [0, 0.05) is 35.9 Å². The molecule has 3 heterocycles. The molecule has 1 aliphatic rings. The van der Waals surface area contributed by atoms with Crippen LogP contribution in [-0.4, -0.2) is 53.1 Å². The van der Waals surface area contributed by atoms with E-state index in [1.54, 1.807) is 7.11 Å². The molecule has 4 rings (SSSR count). The van der Waals surface area contributed by atoms with Crippen molar-refractivity contribution in [3.63, 3.8) is 0 Å². The summed E-state index contributed by atoms with van der Waals surface area (Å²) in [5.74, 6) is 0.834. The number of fused-ring (bicyclic) bond motifs is 1. The summed E-state index contributed by atoms with van der Waals surface area (Å²) in [6.07, 6.45) is 5.96. The summed E-state index contributed by atoms with van der Waals surface area (Å²) in [6.45, 7) is 5.55. The highest BCUT2D eigenvalue weighted by Gasteiger charge is 2.21. The lowest BCUT2D eigenvalue weighted by molar-refractivity contribution is -0.122. The van der Waals surface area contributed by atoms with Crippen LogP contribution in [0.4, 0.5) is 0 Å². The third-order valence-electron chi connectivity index (χ3n) is 5.65. The van der Waals surface area contributed by atoms with Crippen LogP contribution in [-0.2, 0) is 11.3 Å². The predicted molar refractivity (Wildman–Crippen MR) is 115 cm³/mol. The molecule has 2 aromatic heterocycles. The fraction of sp³-hybridized carbons (Fsp3) is 0.391. The van der Waals surface area contributed by atoms with Crippen LogP contribution in [0.2, 0.25) is 0 Å². The number of amides is 1. The van der Waals surface area contributed by atoms with Gasteiger partial charge in [-0.25, -0.2) is 0 Å². The number of aromatic nitrogens is 2. The van der Waals surface area contributed by atoms with Crippen LogP contribution >= 0.6 is 0 Å². The number of piperidine rings is 1. The van der Waals surface area contributed by atoms with Gasteiger partial charge in [0.05, 0.1) is 18.3 Å². The Morgan fingerprint density at radius 2 is 2.21 bits per heavy atom. The standard InChI is InChI=1S/C23H28N4O2/c1-3-26-12-5-7-19(15-26)25-21(28)16-27-13-10-17-9-11-24-22(23(17)27)18-6-4-8-20(14-18)29-2/h4,6,8-11,13-14,19H,3,5,7,12,15-16H2,1-2H3,(H,25,28)/t19-/m1/s1. The van der Waals surface area contributed by atoms with Crippen LogP contribution in [0.15, 0.2) is 48.8 Å². The third kappa shape index (κ3) is 4.27. The van der Waals surface area contributed by atoms with E-state index >= 15 is 0 Å². The molecule has 6 nitrogen and oxygen atoms in total. The Kier molecular flexibility index (Phi) is 5.81. The van der Waals surface area contributed by atoms with E-state index in [2.05, 4.69) is 22.1 Å². The molecule has 1 fully saturated rings. The van der Waals surface area contributed by atoms with E-state index in [4.69, 9.17) is 4.74 Å². The number of methoxy groups -OCH3 is 1. The minimum atomic E-state index is 0.0471. The molecule has 0 radical (unpaired) electrons. The Bertz CT molecular complexity index is 997. The van der Waals surface area contributed by atoms with Gasteiger partial charge in [-0.05, 0) is 50.2 Å². The van der Waals surface area contributed by atoms with Gasteiger partial charge in [-0.15, -0.1) is 0 Å². The first-order valence-electron chi connectivity index (χ1n) is 10.3. The number of hydrogen-bond donors (Lipinski definition) is 1. The van der Waals surface area contributed by atoms with E-state index in [9.17, 15) is 4.79 Å². The minimum Gasteiger partial charge on any atom is -0.497 e. The Morgan fingerprint density at radius 1 is 1.31 bits per heavy atom. The summed E-state index contributed by atoms with van der Waals surface area (Å²) in [6, 6.07) is 12.1. The van der Waals surface area contributed by atoms with E-state index in [-0.39, 0.29) is 18.5 Å². The molecule has 1 atom stereocenters. The number of nitrogens with zero attached hydrogens (tertiary/aromatic N) is 3. The number of likely N-dealkylation sites (tertiary alicyclic amines) is 1. The lowest BCUT2D eigenvalue weighted by Gasteiger charge is -2.32. The Morgan fingerprint density at radius 3 is 3.03 bits per heavy atom. The first-order chi connectivity index (χ1) is 14.2. The van der Waals surface area contributed by atoms with Crippen molar-refractivity contribution in [3.05, 3.63) is 48.8 Å². The second-order valence-corrected chi connectivity index (χ2v) is 7.57. The summed E-state index contributed by atoms with van der Waals surface area (Å²) < 4.78 is 7.36. The molecule has 0 spiro atoms. The molecule has 0 unspecified atom stereocenters. The third-order valence-corrected chi connectivity index (χ3v) is 5.65. The monoisotopic (exact) mass is 392 g/mol. The fourth-order valence-electron chi connectivity index (χ4n) is 4.15. The lowest BCUT2D eigenvalue weighted by atomic mass is 10.1. The Balaban J connectivity index is 1.57. The highest BCUT2D eigenvalue weighted by atomic mass is 16.5. The predicted octanol–water partition coefficient (Wildman–Crippen LogP) is 3.31. The van der Waals surface area contributed by atoms with Gasteiger partial charge in [0.15, 0.2) is 0 Å². The van der Waals surface area contributed by atoms with E-state index in [1.807, 2.05) is 53.4 Å². The van der Waals surface area contributed by atoms with Crippen LogP contribution < -0.4 is 10.1 Å². The zero-order chi connectivity index (χ0) is 20.2. The zero-order valence-electron chi connectivity index (χ0n) is 17.1. The SMILES string of the molecule is CCN1CCC[C@@H](NC(=O)Cn2ccc3ccnc(-c4cccc(OC)c4)c32)C1. The molecule has 3 aromatic rings. The summed E-state index contributed by atoms with van der Waals surface area (Å²) >= 11 is 0. The van der Waals surface area contributed by atoms with Crippen molar-refractivity contribution >= 4 is 16.8 Å². The minimum absolute atomic E-state index is 0.0471. The van der Waals surface area contributed by atoms with Gasteiger partial charge >= 0.3 is 0 Å². The van der Waals surface area contributed by atoms with Crippen molar-refractivity contribution in [2.45, 2.75) is 32.4 Å². The highest BCUT2D eigenvalue weighted by Crippen LogP contribution is 2.29. The van der Waals surface area contributed by atoms with Gasteiger partial charge in [0.1, 0.15) is 12.3 Å². The van der Waals surface area contributed by atoms with Crippen molar-refractivity contribution in [1.82, 2.24) is 19.8 Å². The zero-order valence-corrected chi connectivity index (χ0v) is 17.1. The molecule has 29 heavy (non-hydrogen) atoms. The molecule has 1 N–H and O–H groups in total. The first-order valence-corrected chi connectivity index (χ1v) is 10.3. The average molecular weight is 393 g/mol. The van der Waals surface area contributed by atoms with Gasteiger partial charge in [0.2, 0.25) is 5.91 Å². The second-order valence-electron chi connectivity index (χ2n) is 7.57. The largest absolute Gasteiger partial charge is 0.497 e. The first kappa shape index (κ1) is 19.5. The molecule has 6 heteroatoms. The second kappa shape index (κ2) is 8.66. The number of hydrogen-bond acceptors (Lipinski definition) is 4. The van der Waals surface area contributed by atoms with Gasteiger partial charge in [-0.1, -0.05) is 19.1 Å². The molecule has 1 saturated heterocycles. The smallest absolute Gasteiger partial charge is 0.240 e. The summed E-state index contributed by atoms with van der Waals surface area (Å²) in [7, 11) is 1.66. The fourth-order valence-corrected chi connectivity index (χ4v) is 4.15. The maximum Gasteiger partial charge on any atom is 0.240 e. The number of carbonyl (C=O) groups is 1. The van der Waals surface area contributed by atoms with Crippen LogP contribution in [0.3, 0.4) is 0 Å². The van der Waals surface area contributed by atoms with Crippen molar-refractivity contribution in [1.29, 1.82) is 0 Å². The maximum atomic E-state index is 12.8. The summed E-state index contributed by atoms with van der Waals surface area (Å²) in [4.78, 5) is 19.8. The van der Waals surface area contributed by atoms with Crippen LogP contribution in [0.1, 0.15) is 19.8 Å². The Labute approximate surface area is 171 Å². The Hall–Kier alpha value is -2.86. The van der Waals surface area contributed by atoms with E-state index in [1.165, 1.54) is 0 Å². The molecule has 0 bridgehead atoms. The molecule has 1 aliphatic heterocycles. The molecular formula is C23H28N4O2. The number of likely N-dealkylation sites (N-methyl/N-ethyl adjacent to an activating group) is 1. The van der Waals surface area contributed by atoms with Gasteiger partial charge < -0.3 is 19.5 Å². The number of pyridine rings is 1. The normalized spacial score (nSPS) is 17.4. The van der Waals surface area contributed by atoms with E-state index in [0.717, 1.165) is 60.4 Å². The summed E-state index contributed by atoms with van der Waals surface area (Å²) in [5.41, 5.74) is 2.80. The maximum absolute atomic E-state index is 12.8. The number of nitrogens with one attached hydrogen (secondary N) is 1. The molecule has 1 amide bonds. The quantitative estimate of drug-likeness (QED) is 0.699. The van der Waals surface area contributed by atoms with E-state index < -0.39 is 0 Å². The van der Waals surface area contributed by atoms with Gasteiger partial charge in [0.25, 0.3) is 0 Å². The molecule has 0 saturated carbocycles. The number of rotatable bonds is 6. The number of ether oxygens (including phenoxy) is 1. The van der Waals surface area contributed by atoms with Crippen molar-refractivity contribution < 1.29 is 9.53 Å². The average Bonchev–Trinajstić information content (AvgIpc) is 3.16. The molecule has 152 valence electrons. The number of benzene rings is 1. The van der Waals surface area contributed by atoms with Crippen LogP contribution in [0.5, 0.6) is 5.75 Å². The van der Waals surface area contributed by atoms with Gasteiger partial charge in [-0.3, -0.25) is 9.78 Å². The topological polar surface area (TPSA) is 59.4 Å².